The molecule has 0 bridgehead atoms. The Bertz CT molecular complexity index is 526. The minimum absolute atomic E-state index is 0.0227. The SMILES string of the molecule is Clc1nc(Cl)nc(Nc2ccccc2Cl)n1.[I][V][I]. The van der Waals surface area contributed by atoms with Crippen LogP contribution in [-0.4, -0.2) is 15.0 Å². The van der Waals surface area contributed by atoms with Gasteiger partial charge in [0.15, 0.2) is 0 Å². The van der Waals surface area contributed by atoms with Gasteiger partial charge >= 0.3 is 49.4 Å². The normalized spacial score (nSPS) is 9.32. The molecule has 2 rings (SSSR count). The Morgan fingerprint density at radius 1 is 0.947 bits per heavy atom. The van der Waals surface area contributed by atoms with Crippen molar-refractivity contribution in [2.45, 2.75) is 0 Å². The van der Waals surface area contributed by atoms with Gasteiger partial charge in [-0.3, -0.25) is 0 Å². The van der Waals surface area contributed by atoms with Crippen LogP contribution in [-0.2, 0) is 9.47 Å². The molecule has 0 radical (unpaired) electrons. The van der Waals surface area contributed by atoms with Gasteiger partial charge in [-0.05, 0) is 35.3 Å². The van der Waals surface area contributed by atoms with E-state index in [1.807, 2.05) is 12.1 Å². The number of benzene rings is 1. The quantitative estimate of drug-likeness (QED) is 0.488. The number of para-hydroxylation sites is 1. The van der Waals surface area contributed by atoms with Crippen molar-refractivity contribution in [2.24, 2.45) is 0 Å². The maximum atomic E-state index is 5.95. The second-order valence-corrected chi connectivity index (χ2v) is 15.7. The molecule has 0 aliphatic rings. The molecule has 0 atom stereocenters. The van der Waals surface area contributed by atoms with Gasteiger partial charge in [0.25, 0.3) is 0 Å². The first-order valence-corrected chi connectivity index (χ1v) is 14.7. The zero-order valence-corrected chi connectivity index (χ0v) is 17.0. The summed E-state index contributed by atoms with van der Waals surface area (Å²) in [5, 5.41) is 3.49. The number of halogens is 5. The Balaban J connectivity index is 0.000000550. The summed E-state index contributed by atoms with van der Waals surface area (Å²) in [5.74, 6) is 0.248. The standard InChI is InChI=1S/C9H5Cl3N4.2HI.V/c10-5-3-1-2-4-6(5)13-9-15-7(11)14-8(12)16-9;;;/h1-4H,(H,13,14,15,16);2*1H;/q;;;+2/p-2. The van der Waals surface area contributed by atoms with Crippen LogP contribution < -0.4 is 5.32 Å². The van der Waals surface area contributed by atoms with Gasteiger partial charge in [-0.2, -0.15) is 15.0 Å². The molecule has 101 valence electrons. The summed E-state index contributed by atoms with van der Waals surface area (Å²) in [4.78, 5) is 11.4. The van der Waals surface area contributed by atoms with Gasteiger partial charge in [-0.25, -0.2) is 0 Å². The van der Waals surface area contributed by atoms with Crippen molar-refractivity contribution in [3.05, 3.63) is 39.9 Å². The summed E-state index contributed by atoms with van der Waals surface area (Å²) in [6, 6.07) is 7.18. The zero-order chi connectivity index (χ0) is 14.3. The number of nitrogens with zero attached hydrogens (tertiary/aromatic N) is 3. The Labute approximate surface area is 154 Å². The van der Waals surface area contributed by atoms with Crippen molar-refractivity contribution in [1.29, 1.82) is 0 Å². The van der Waals surface area contributed by atoms with Crippen LogP contribution in [0.1, 0.15) is 0 Å². The number of rotatable bonds is 2. The van der Waals surface area contributed by atoms with Crippen molar-refractivity contribution in [2.75, 3.05) is 5.32 Å². The van der Waals surface area contributed by atoms with E-state index in [4.69, 9.17) is 34.8 Å². The molecule has 0 fully saturated rings. The second kappa shape index (κ2) is 9.80. The van der Waals surface area contributed by atoms with Crippen molar-refractivity contribution in [1.82, 2.24) is 15.0 Å². The third-order valence-electron chi connectivity index (χ3n) is 1.70. The number of nitrogens with one attached hydrogen (secondary N) is 1. The first-order valence-electron chi connectivity index (χ1n) is 4.57. The van der Waals surface area contributed by atoms with E-state index in [2.05, 4.69) is 60.2 Å². The van der Waals surface area contributed by atoms with Crippen LogP contribution in [0.2, 0.25) is 15.6 Å². The van der Waals surface area contributed by atoms with Gasteiger partial charge in [0.2, 0.25) is 16.5 Å². The molecule has 2 aromatic rings. The van der Waals surface area contributed by atoms with E-state index >= 15 is 0 Å². The number of anilines is 2. The van der Waals surface area contributed by atoms with Crippen molar-refractivity contribution in [3.8, 4) is 0 Å². The molecule has 0 aliphatic heterocycles. The van der Waals surface area contributed by atoms with Gasteiger partial charge in [-0.15, -0.1) is 0 Å². The first-order chi connectivity index (χ1) is 9.06. The van der Waals surface area contributed by atoms with Crippen molar-refractivity contribution >= 4 is 86.4 Å². The molecule has 10 heteroatoms. The predicted octanol–water partition coefficient (Wildman–Crippen LogP) is 5.34. The van der Waals surface area contributed by atoms with Crippen LogP contribution in [0, 0.1) is 0 Å². The van der Waals surface area contributed by atoms with Gasteiger partial charge < -0.3 is 5.32 Å². The third kappa shape index (κ3) is 6.97. The predicted molar refractivity (Wildman–Crippen MR) is 92.6 cm³/mol. The van der Waals surface area contributed by atoms with Crippen LogP contribution in [0.15, 0.2) is 24.3 Å². The van der Waals surface area contributed by atoms with E-state index < -0.39 is 0 Å². The summed E-state index contributed by atoms with van der Waals surface area (Å²) < 4.78 is 0. The zero-order valence-electron chi connectivity index (χ0n) is 8.99. The summed E-state index contributed by atoms with van der Waals surface area (Å²) in [6.07, 6.45) is 0. The molecular formula is C9H5Cl3I2N4V. The molecule has 0 spiro atoms. The maximum absolute atomic E-state index is 5.95. The molecule has 4 nitrogen and oxygen atoms in total. The average Bonchev–Trinajstić information content (AvgIpc) is 2.32. The van der Waals surface area contributed by atoms with Gasteiger partial charge in [0.05, 0.1) is 10.7 Å². The van der Waals surface area contributed by atoms with Crippen LogP contribution in [0.5, 0.6) is 0 Å². The monoisotopic (exact) mass is 579 g/mol. The van der Waals surface area contributed by atoms with E-state index in [0.717, 1.165) is 0 Å². The molecule has 0 saturated heterocycles. The molecule has 19 heavy (non-hydrogen) atoms. The summed E-state index contributed by atoms with van der Waals surface area (Å²) >= 11 is 22.0. The van der Waals surface area contributed by atoms with E-state index in [1.165, 1.54) is 0 Å². The van der Waals surface area contributed by atoms with Crippen LogP contribution in [0.3, 0.4) is 0 Å². The number of aromatic nitrogens is 3. The molecule has 1 aromatic heterocycles. The first kappa shape index (κ1) is 18.0. The van der Waals surface area contributed by atoms with Gasteiger partial charge in [-0.1, -0.05) is 23.7 Å². The van der Waals surface area contributed by atoms with Crippen LogP contribution >= 0.6 is 74.8 Å². The van der Waals surface area contributed by atoms with Gasteiger partial charge in [0, 0.05) is 0 Å². The molecule has 1 N–H and O–H groups in total. The average molecular weight is 580 g/mol. The molecular weight excluding hydrogens is 575 g/mol. The molecule has 0 amide bonds. The number of hydrogen-bond acceptors (Lipinski definition) is 4. The molecule has 1 heterocycles. The topological polar surface area (TPSA) is 50.7 Å². The van der Waals surface area contributed by atoms with E-state index in [-0.39, 0.29) is 16.5 Å². The van der Waals surface area contributed by atoms with Gasteiger partial charge in [0.1, 0.15) is 0 Å². The molecule has 0 unspecified atom stereocenters. The summed E-state index contributed by atoms with van der Waals surface area (Å²) in [6.45, 7) is 0. The Morgan fingerprint density at radius 3 is 2.00 bits per heavy atom. The minimum atomic E-state index is 0.0227. The summed E-state index contributed by atoms with van der Waals surface area (Å²) in [7, 11) is 0.628. The van der Waals surface area contributed by atoms with E-state index in [0.29, 0.717) is 20.2 Å². The van der Waals surface area contributed by atoms with Crippen molar-refractivity contribution < 1.29 is 9.47 Å². The molecule has 1 aromatic carbocycles. The fourth-order valence-corrected chi connectivity index (χ4v) is 1.61. The van der Waals surface area contributed by atoms with E-state index in [9.17, 15) is 0 Å². The second-order valence-electron chi connectivity index (χ2n) is 2.87. The molecule has 0 aliphatic carbocycles. The number of hydrogen-bond donors (Lipinski definition) is 1. The van der Waals surface area contributed by atoms with E-state index in [1.54, 1.807) is 12.1 Å². The third-order valence-corrected chi connectivity index (χ3v) is 2.37. The van der Waals surface area contributed by atoms with Crippen LogP contribution in [0.25, 0.3) is 0 Å². The van der Waals surface area contributed by atoms with Crippen LogP contribution in [0.4, 0.5) is 11.6 Å². The Kier molecular flexibility index (Phi) is 9.28. The fourth-order valence-electron chi connectivity index (χ4n) is 1.06. The fraction of sp³-hybridized carbons (Fsp3) is 0. The van der Waals surface area contributed by atoms with Crippen molar-refractivity contribution in [3.63, 3.8) is 0 Å². The Morgan fingerprint density at radius 2 is 1.47 bits per heavy atom. The Hall–Kier alpha value is 0.944. The summed E-state index contributed by atoms with van der Waals surface area (Å²) in [5.41, 5.74) is 0.669. The molecule has 0 saturated carbocycles.